The number of benzene rings is 3. The Hall–Kier alpha value is -3.36. The molecule has 0 unspecified atom stereocenters. The predicted molar refractivity (Wildman–Crippen MR) is 156 cm³/mol. The summed E-state index contributed by atoms with van der Waals surface area (Å²) >= 11 is 0. The van der Waals surface area contributed by atoms with Crippen LogP contribution in [0.4, 0.5) is 5.69 Å². The van der Waals surface area contributed by atoms with Crippen molar-refractivity contribution in [2.24, 2.45) is 0 Å². The molecule has 1 N–H and O–H groups in total. The molecule has 1 saturated heterocycles. The minimum absolute atomic E-state index is 0.121. The summed E-state index contributed by atoms with van der Waals surface area (Å²) in [4.78, 5) is 13.8. The Morgan fingerprint density at radius 3 is 2.33 bits per heavy atom. The number of nitrogens with one attached hydrogen (secondary N) is 1. The second-order valence-electron chi connectivity index (χ2n) is 11.9. The first-order valence-corrected chi connectivity index (χ1v) is 15.3. The van der Waals surface area contributed by atoms with E-state index in [0.717, 1.165) is 29.5 Å². The number of fused-ring (bicyclic) bond motifs is 1. The van der Waals surface area contributed by atoms with Gasteiger partial charge < -0.3 is 14.8 Å². The Morgan fingerprint density at radius 1 is 1.00 bits per heavy atom. The predicted octanol–water partition coefficient (Wildman–Crippen LogP) is 5.11. The summed E-state index contributed by atoms with van der Waals surface area (Å²) in [5, 5.41) is 3.11. The van der Waals surface area contributed by atoms with Gasteiger partial charge in [0.2, 0.25) is 0 Å². The van der Waals surface area contributed by atoms with Crippen LogP contribution in [-0.2, 0) is 30.4 Å². The van der Waals surface area contributed by atoms with Crippen molar-refractivity contribution in [3.63, 3.8) is 0 Å². The third-order valence-corrected chi connectivity index (χ3v) is 9.83. The normalized spacial score (nSPS) is 18.9. The Balaban J connectivity index is 1.45. The number of hydrogen-bond acceptors (Lipinski definition) is 5. The molecular weight excluding hydrogens is 524 g/mol. The van der Waals surface area contributed by atoms with Crippen molar-refractivity contribution in [1.29, 1.82) is 0 Å². The van der Waals surface area contributed by atoms with E-state index in [9.17, 15) is 13.2 Å². The molecule has 1 fully saturated rings. The highest BCUT2D eigenvalue weighted by molar-refractivity contribution is 7.92. The van der Waals surface area contributed by atoms with Crippen LogP contribution in [0.1, 0.15) is 50.3 Å². The number of carbonyl (C=O) groups is 1. The SMILES string of the molecule is Cc1ccc(S(=O)(=O)N2C[C@@H](C(=O)NCC3(c4ccccc4)CCOCC3)Oc3ccc(C(C)(C)C)cc32)cc1. The minimum Gasteiger partial charge on any atom is -0.476 e. The van der Waals surface area contributed by atoms with Crippen LogP contribution in [0.2, 0.25) is 0 Å². The van der Waals surface area contributed by atoms with Crippen LogP contribution in [0.5, 0.6) is 5.75 Å². The van der Waals surface area contributed by atoms with E-state index in [-0.39, 0.29) is 28.2 Å². The molecule has 2 aliphatic heterocycles. The van der Waals surface area contributed by atoms with Crippen molar-refractivity contribution >= 4 is 21.6 Å². The molecule has 0 bridgehead atoms. The molecule has 0 aromatic heterocycles. The highest BCUT2D eigenvalue weighted by atomic mass is 32.2. The number of aryl methyl sites for hydroxylation is 1. The lowest BCUT2D eigenvalue weighted by molar-refractivity contribution is -0.128. The van der Waals surface area contributed by atoms with E-state index in [1.165, 1.54) is 4.31 Å². The van der Waals surface area contributed by atoms with Crippen molar-refractivity contribution in [1.82, 2.24) is 5.32 Å². The molecular formula is C32H38N2O5S. The first-order valence-electron chi connectivity index (χ1n) is 13.8. The van der Waals surface area contributed by atoms with Crippen LogP contribution in [0, 0.1) is 6.92 Å². The van der Waals surface area contributed by atoms with E-state index in [1.54, 1.807) is 30.3 Å². The van der Waals surface area contributed by atoms with Gasteiger partial charge in [-0.05, 0) is 60.6 Å². The lowest BCUT2D eigenvalue weighted by atomic mass is 9.74. The molecule has 2 heterocycles. The molecule has 7 nitrogen and oxygen atoms in total. The summed E-state index contributed by atoms with van der Waals surface area (Å²) < 4.78 is 41.1. The Labute approximate surface area is 237 Å². The van der Waals surface area contributed by atoms with E-state index in [0.29, 0.717) is 31.2 Å². The van der Waals surface area contributed by atoms with Gasteiger partial charge in [0.15, 0.2) is 6.10 Å². The van der Waals surface area contributed by atoms with Gasteiger partial charge in [0.05, 0.1) is 17.1 Å². The van der Waals surface area contributed by atoms with Crippen LogP contribution in [0.3, 0.4) is 0 Å². The molecule has 3 aromatic carbocycles. The van der Waals surface area contributed by atoms with Crippen molar-refractivity contribution in [2.45, 2.75) is 62.4 Å². The van der Waals surface area contributed by atoms with Gasteiger partial charge in [0, 0.05) is 25.2 Å². The average Bonchev–Trinajstić information content (AvgIpc) is 2.95. The molecule has 8 heteroatoms. The number of amides is 1. The second-order valence-corrected chi connectivity index (χ2v) is 13.7. The monoisotopic (exact) mass is 562 g/mol. The summed E-state index contributed by atoms with van der Waals surface area (Å²) in [6, 6.07) is 22.5. The van der Waals surface area contributed by atoms with Gasteiger partial charge in [-0.3, -0.25) is 9.10 Å². The van der Waals surface area contributed by atoms with Gasteiger partial charge in [-0.1, -0.05) is 74.9 Å². The fraction of sp³-hybridized carbons (Fsp3) is 0.406. The summed E-state index contributed by atoms with van der Waals surface area (Å²) in [7, 11) is -3.95. The number of hydrogen-bond donors (Lipinski definition) is 1. The summed E-state index contributed by atoms with van der Waals surface area (Å²) in [6.07, 6.45) is 0.575. The number of carbonyl (C=O) groups excluding carboxylic acids is 1. The molecule has 40 heavy (non-hydrogen) atoms. The zero-order chi connectivity index (χ0) is 28.5. The Bertz CT molecular complexity index is 1460. The molecule has 5 rings (SSSR count). The maximum absolute atomic E-state index is 14.0. The van der Waals surface area contributed by atoms with Gasteiger partial charge in [-0.25, -0.2) is 8.42 Å². The molecule has 1 atom stereocenters. The van der Waals surface area contributed by atoms with Gasteiger partial charge in [0.25, 0.3) is 15.9 Å². The van der Waals surface area contributed by atoms with E-state index < -0.39 is 16.1 Å². The largest absolute Gasteiger partial charge is 0.476 e. The summed E-state index contributed by atoms with van der Waals surface area (Å²) in [5.74, 6) is 0.0374. The van der Waals surface area contributed by atoms with Crippen LogP contribution >= 0.6 is 0 Å². The van der Waals surface area contributed by atoms with Crippen molar-refractivity contribution in [3.05, 3.63) is 89.5 Å². The Morgan fingerprint density at radius 2 is 1.68 bits per heavy atom. The van der Waals surface area contributed by atoms with Crippen LogP contribution in [0.25, 0.3) is 0 Å². The van der Waals surface area contributed by atoms with Crippen molar-refractivity contribution in [3.8, 4) is 5.75 Å². The molecule has 0 radical (unpaired) electrons. The van der Waals surface area contributed by atoms with Gasteiger partial charge >= 0.3 is 0 Å². The quantitative estimate of drug-likeness (QED) is 0.451. The minimum atomic E-state index is -3.95. The van der Waals surface area contributed by atoms with E-state index in [2.05, 4.69) is 38.2 Å². The molecule has 0 saturated carbocycles. The van der Waals surface area contributed by atoms with Crippen LogP contribution in [0.15, 0.2) is 77.7 Å². The lowest BCUT2D eigenvalue weighted by Crippen LogP contribution is -2.53. The highest BCUT2D eigenvalue weighted by Gasteiger charge is 2.40. The van der Waals surface area contributed by atoms with E-state index >= 15 is 0 Å². The summed E-state index contributed by atoms with van der Waals surface area (Å²) in [5.41, 5.74) is 3.10. The molecule has 1 amide bonds. The third-order valence-electron chi connectivity index (χ3n) is 8.03. The third kappa shape index (κ3) is 5.60. The number of rotatable bonds is 6. The molecule has 0 aliphatic carbocycles. The maximum Gasteiger partial charge on any atom is 0.264 e. The molecule has 2 aliphatic rings. The van der Waals surface area contributed by atoms with Crippen LogP contribution < -0.4 is 14.4 Å². The van der Waals surface area contributed by atoms with Gasteiger partial charge in [-0.2, -0.15) is 0 Å². The number of anilines is 1. The van der Waals surface area contributed by atoms with Crippen molar-refractivity contribution in [2.75, 3.05) is 30.6 Å². The fourth-order valence-corrected chi connectivity index (χ4v) is 6.88. The number of nitrogens with zero attached hydrogens (tertiary/aromatic N) is 1. The number of sulfonamides is 1. The number of ether oxygens (including phenoxy) is 2. The van der Waals surface area contributed by atoms with E-state index in [4.69, 9.17) is 9.47 Å². The van der Waals surface area contributed by atoms with Crippen LogP contribution in [-0.4, -0.2) is 46.7 Å². The lowest BCUT2D eigenvalue weighted by Gasteiger charge is -2.39. The summed E-state index contributed by atoms with van der Waals surface area (Å²) in [6.45, 7) is 9.68. The zero-order valence-corrected chi connectivity index (χ0v) is 24.5. The smallest absolute Gasteiger partial charge is 0.264 e. The topological polar surface area (TPSA) is 84.9 Å². The van der Waals surface area contributed by atoms with Gasteiger partial charge in [0.1, 0.15) is 5.75 Å². The molecule has 212 valence electrons. The molecule has 0 spiro atoms. The van der Waals surface area contributed by atoms with Gasteiger partial charge in [-0.15, -0.1) is 0 Å². The standard InChI is InChI=1S/C32H38N2O5S/c1-23-10-13-26(14-11-23)40(36,37)34-21-29(39-28-15-12-25(20-27(28)34)31(2,3)4)30(35)33-22-32(16-18-38-19-17-32)24-8-6-5-7-9-24/h5-15,20,29H,16-19,21-22H2,1-4H3,(H,33,35)/t29-/m0/s1. The first kappa shape index (κ1) is 28.2. The highest BCUT2D eigenvalue weighted by Crippen LogP contribution is 2.40. The maximum atomic E-state index is 14.0. The first-order chi connectivity index (χ1) is 19.0. The van der Waals surface area contributed by atoms with Crippen molar-refractivity contribution < 1.29 is 22.7 Å². The fourth-order valence-electron chi connectivity index (χ4n) is 5.41. The average molecular weight is 563 g/mol. The Kier molecular flexibility index (Phi) is 7.68. The molecule has 3 aromatic rings. The zero-order valence-electron chi connectivity index (χ0n) is 23.6. The second kappa shape index (κ2) is 10.9. The van der Waals surface area contributed by atoms with E-state index in [1.807, 2.05) is 37.3 Å².